The number of nitrogens with zero attached hydrogens (tertiary/aromatic N) is 1. The maximum Gasteiger partial charge on any atom is 0.322 e. The Bertz CT molecular complexity index is 712. The first kappa shape index (κ1) is 17.3. The van der Waals surface area contributed by atoms with Crippen LogP contribution < -0.4 is 10.1 Å². The number of ether oxygens (including phenoxy) is 1. The van der Waals surface area contributed by atoms with Crippen molar-refractivity contribution in [3.05, 3.63) is 59.7 Å². The number of carbonyl (C=O) groups excluding carboxylic acids is 1. The van der Waals surface area contributed by atoms with E-state index in [1.54, 1.807) is 7.11 Å². The van der Waals surface area contributed by atoms with Gasteiger partial charge in [0.15, 0.2) is 0 Å². The Hall–Kier alpha value is -2.49. The van der Waals surface area contributed by atoms with Crippen LogP contribution in [0.25, 0.3) is 0 Å². The van der Waals surface area contributed by atoms with Gasteiger partial charge >= 0.3 is 6.03 Å². The van der Waals surface area contributed by atoms with Crippen molar-refractivity contribution in [2.24, 2.45) is 0 Å². The first-order valence-electron chi connectivity index (χ1n) is 8.95. The van der Waals surface area contributed by atoms with Crippen molar-refractivity contribution in [2.45, 2.75) is 38.6 Å². The molecule has 0 aliphatic carbocycles. The van der Waals surface area contributed by atoms with Crippen molar-refractivity contribution >= 4 is 11.7 Å². The normalized spacial score (nSPS) is 17.7. The molecule has 0 aromatic heterocycles. The summed E-state index contributed by atoms with van der Waals surface area (Å²) in [4.78, 5) is 14.9. The van der Waals surface area contributed by atoms with Crippen LogP contribution in [0.5, 0.6) is 5.75 Å². The maximum atomic E-state index is 12.9. The van der Waals surface area contributed by atoms with Crippen molar-refractivity contribution < 1.29 is 9.53 Å². The minimum absolute atomic E-state index is 0.0410. The van der Waals surface area contributed by atoms with Crippen molar-refractivity contribution in [3.8, 4) is 5.75 Å². The number of hydrogen-bond donors (Lipinski definition) is 1. The highest BCUT2D eigenvalue weighted by atomic mass is 16.5. The minimum Gasteiger partial charge on any atom is -0.497 e. The molecule has 0 radical (unpaired) electrons. The second-order valence-corrected chi connectivity index (χ2v) is 6.63. The predicted molar refractivity (Wildman–Crippen MR) is 101 cm³/mol. The molecule has 4 nitrogen and oxygen atoms in total. The summed E-state index contributed by atoms with van der Waals surface area (Å²) in [6.45, 7) is 2.87. The smallest absolute Gasteiger partial charge is 0.322 e. The minimum atomic E-state index is -0.0410. The lowest BCUT2D eigenvalue weighted by Gasteiger charge is -2.30. The molecule has 0 saturated carbocycles. The number of anilines is 1. The van der Waals surface area contributed by atoms with Crippen molar-refractivity contribution in [3.63, 3.8) is 0 Å². The van der Waals surface area contributed by atoms with Gasteiger partial charge in [0.05, 0.1) is 13.2 Å². The molecule has 1 atom stereocenters. The van der Waals surface area contributed by atoms with Crippen LogP contribution in [-0.4, -0.2) is 24.6 Å². The summed E-state index contributed by atoms with van der Waals surface area (Å²) in [5, 5.41) is 3.03. The third-order valence-electron chi connectivity index (χ3n) is 4.80. The standard InChI is InChI=1S/C21H26N2O2/c1-16-10-12-17(13-11-16)20-9-4-3-5-14-23(20)21(24)22-18-7-6-8-19(15-18)25-2/h6-8,10-13,15,20H,3-5,9,14H2,1-2H3,(H,22,24)/t20-/m0/s1. The van der Waals surface area contributed by atoms with Crippen molar-refractivity contribution in [1.82, 2.24) is 4.90 Å². The molecular weight excluding hydrogens is 312 g/mol. The van der Waals surface area contributed by atoms with Crippen LogP contribution in [0.15, 0.2) is 48.5 Å². The monoisotopic (exact) mass is 338 g/mol. The molecular formula is C21H26N2O2. The topological polar surface area (TPSA) is 41.6 Å². The molecule has 0 spiro atoms. The van der Waals surface area contributed by atoms with E-state index in [1.165, 1.54) is 17.5 Å². The molecule has 0 bridgehead atoms. The lowest BCUT2D eigenvalue weighted by molar-refractivity contribution is 0.189. The highest BCUT2D eigenvalue weighted by molar-refractivity contribution is 5.89. The molecule has 132 valence electrons. The quantitative estimate of drug-likeness (QED) is 0.840. The summed E-state index contributed by atoms with van der Waals surface area (Å²) in [5.41, 5.74) is 3.22. The van der Waals surface area contributed by atoms with Crippen LogP contribution in [0, 0.1) is 6.92 Å². The summed E-state index contributed by atoms with van der Waals surface area (Å²) < 4.78 is 5.24. The van der Waals surface area contributed by atoms with Gasteiger partial charge in [-0.05, 0) is 37.5 Å². The van der Waals surface area contributed by atoms with Gasteiger partial charge in [-0.25, -0.2) is 4.79 Å². The van der Waals surface area contributed by atoms with Gasteiger partial charge in [-0.15, -0.1) is 0 Å². The van der Waals surface area contributed by atoms with Gasteiger partial charge in [0.2, 0.25) is 0 Å². The van der Waals surface area contributed by atoms with E-state index >= 15 is 0 Å². The van der Waals surface area contributed by atoms with E-state index in [2.05, 4.69) is 36.5 Å². The summed E-state index contributed by atoms with van der Waals surface area (Å²) in [5.74, 6) is 0.740. The zero-order chi connectivity index (χ0) is 17.6. The number of likely N-dealkylation sites (tertiary alicyclic amines) is 1. The third-order valence-corrected chi connectivity index (χ3v) is 4.80. The Morgan fingerprint density at radius 2 is 1.92 bits per heavy atom. The largest absolute Gasteiger partial charge is 0.497 e. The average Bonchev–Trinajstić information content (AvgIpc) is 2.88. The van der Waals surface area contributed by atoms with Gasteiger partial charge in [0, 0.05) is 18.3 Å². The Morgan fingerprint density at radius 3 is 2.68 bits per heavy atom. The predicted octanol–water partition coefficient (Wildman–Crippen LogP) is 5.15. The summed E-state index contributed by atoms with van der Waals surface area (Å²) in [6, 6.07) is 16.1. The van der Waals surface area contributed by atoms with Crippen LogP contribution in [-0.2, 0) is 0 Å². The molecule has 3 rings (SSSR count). The SMILES string of the molecule is COc1cccc(NC(=O)N2CCCCC[C@H]2c2ccc(C)cc2)c1. The number of urea groups is 1. The molecule has 1 aliphatic heterocycles. The van der Waals surface area contributed by atoms with E-state index in [-0.39, 0.29) is 12.1 Å². The van der Waals surface area contributed by atoms with Gasteiger partial charge in [-0.3, -0.25) is 0 Å². The fourth-order valence-corrected chi connectivity index (χ4v) is 3.38. The maximum absolute atomic E-state index is 12.9. The first-order valence-corrected chi connectivity index (χ1v) is 8.95. The van der Waals surface area contributed by atoms with Gasteiger partial charge in [0.1, 0.15) is 5.75 Å². The van der Waals surface area contributed by atoms with E-state index < -0.39 is 0 Å². The van der Waals surface area contributed by atoms with Crippen LogP contribution in [0.1, 0.15) is 42.9 Å². The number of nitrogens with one attached hydrogen (secondary N) is 1. The van der Waals surface area contributed by atoms with Gasteiger partial charge in [-0.2, -0.15) is 0 Å². The number of carbonyl (C=O) groups is 1. The van der Waals surface area contributed by atoms with Crippen LogP contribution >= 0.6 is 0 Å². The molecule has 1 N–H and O–H groups in total. The van der Waals surface area contributed by atoms with E-state index in [9.17, 15) is 4.79 Å². The van der Waals surface area contributed by atoms with Crippen LogP contribution in [0.2, 0.25) is 0 Å². The average molecular weight is 338 g/mol. The Labute approximate surface area is 149 Å². The number of benzene rings is 2. The van der Waals surface area contributed by atoms with Gasteiger partial charge in [0.25, 0.3) is 0 Å². The molecule has 0 unspecified atom stereocenters. The molecule has 25 heavy (non-hydrogen) atoms. The number of rotatable bonds is 3. The third kappa shape index (κ3) is 4.32. The second kappa shape index (κ2) is 8.06. The van der Waals surface area contributed by atoms with Crippen molar-refractivity contribution in [2.75, 3.05) is 19.0 Å². The Balaban J connectivity index is 1.80. The van der Waals surface area contributed by atoms with E-state index in [4.69, 9.17) is 4.74 Å². The highest BCUT2D eigenvalue weighted by Crippen LogP contribution is 2.31. The van der Waals surface area contributed by atoms with Crippen molar-refractivity contribution in [1.29, 1.82) is 0 Å². The first-order chi connectivity index (χ1) is 12.2. The summed E-state index contributed by atoms with van der Waals surface area (Å²) in [7, 11) is 1.63. The van der Waals surface area contributed by atoms with Gasteiger partial charge < -0.3 is 15.0 Å². The van der Waals surface area contributed by atoms with Gasteiger partial charge in [-0.1, -0.05) is 48.7 Å². The fraction of sp³-hybridized carbons (Fsp3) is 0.381. The van der Waals surface area contributed by atoms with E-state index in [0.717, 1.165) is 37.2 Å². The van der Waals surface area contributed by atoms with E-state index in [0.29, 0.717) is 0 Å². The molecule has 1 saturated heterocycles. The number of hydrogen-bond acceptors (Lipinski definition) is 2. The van der Waals surface area contributed by atoms with Crippen LogP contribution in [0.4, 0.5) is 10.5 Å². The second-order valence-electron chi connectivity index (χ2n) is 6.63. The summed E-state index contributed by atoms with van der Waals surface area (Å²) >= 11 is 0. The molecule has 2 amide bonds. The fourth-order valence-electron chi connectivity index (χ4n) is 3.38. The number of amides is 2. The lowest BCUT2D eigenvalue weighted by atomic mass is 10.00. The molecule has 4 heteroatoms. The Kier molecular flexibility index (Phi) is 5.59. The Morgan fingerprint density at radius 1 is 1.12 bits per heavy atom. The molecule has 2 aromatic rings. The molecule has 1 aliphatic rings. The molecule has 2 aromatic carbocycles. The lowest BCUT2D eigenvalue weighted by Crippen LogP contribution is -2.38. The van der Waals surface area contributed by atoms with Crippen LogP contribution in [0.3, 0.4) is 0 Å². The summed E-state index contributed by atoms with van der Waals surface area (Å²) in [6.07, 6.45) is 4.38. The zero-order valence-corrected chi connectivity index (χ0v) is 15.0. The molecule has 1 fully saturated rings. The molecule has 1 heterocycles. The zero-order valence-electron chi connectivity index (χ0n) is 15.0. The van der Waals surface area contributed by atoms with E-state index in [1.807, 2.05) is 29.2 Å². The number of aryl methyl sites for hydroxylation is 1. The number of methoxy groups -OCH3 is 1. The highest BCUT2D eigenvalue weighted by Gasteiger charge is 2.26.